The third kappa shape index (κ3) is 6.21. The number of ether oxygens (including phenoxy) is 2. The first-order valence-corrected chi connectivity index (χ1v) is 15.4. The number of hydrogen-bond donors (Lipinski definition) is 7. The topological polar surface area (TPSA) is 217 Å². The summed E-state index contributed by atoms with van der Waals surface area (Å²) in [6, 6.07) is -1.03. The summed E-state index contributed by atoms with van der Waals surface area (Å²) in [7, 11) is 0. The van der Waals surface area contributed by atoms with E-state index in [1.807, 2.05) is 4.90 Å². The fourth-order valence-corrected chi connectivity index (χ4v) is 7.15. The van der Waals surface area contributed by atoms with E-state index >= 15 is 0 Å². The second-order valence-electron chi connectivity index (χ2n) is 11.2. The van der Waals surface area contributed by atoms with E-state index in [0.717, 1.165) is 29.5 Å². The van der Waals surface area contributed by atoms with Gasteiger partial charge in [0.15, 0.2) is 23.3 Å². The van der Waals surface area contributed by atoms with Crippen LogP contribution in [0, 0.1) is 17.5 Å². The summed E-state index contributed by atoms with van der Waals surface area (Å²) >= 11 is 0.769. The molecule has 0 aliphatic carbocycles. The lowest BCUT2D eigenvalue weighted by molar-refractivity contribution is -0.189. The smallest absolute Gasteiger partial charge is 0.194 e. The number of anilines is 1. The Balaban J connectivity index is 1.24. The molecule has 3 aromatic rings. The monoisotopic (exact) mass is 674 g/mol. The molecule has 5 unspecified atom stereocenters. The lowest BCUT2D eigenvalue weighted by Gasteiger charge is -2.46. The molecule has 0 saturated carbocycles. The largest absolute Gasteiger partial charge is 0.394 e. The van der Waals surface area contributed by atoms with Crippen LogP contribution in [0.4, 0.5) is 19.0 Å². The van der Waals surface area contributed by atoms with Gasteiger partial charge < -0.3 is 50.3 Å². The highest BCUT2D eigenvalue weighted by Gasteiger charge is 2.51. The molecule has 7 N–H and O–H groups in total. The molecule has 5 heterocycles. The number of nitrogens with zero attached hydrogens (tertiary/aromatic N) is 7. The maximum atomic E-state index is 13.8. The van der Waals surface area contributed by atoms with Crippen LogP contribution in [0.2, 0.25) is 0 Å². The van der Waals surface area contributed by atoms with Crippen LogP contribution >= 0.6 is 11.8 Å². The Labute approximate surface area is 263 Å². The van der Waals surface area contributed by atoms with E-state index in [0.29, 0.717) is 31.0 Å². The van der Waals surface area contributed by atoms with Gasteiger partial charge in [-0.15, -0.1) is 10.2 Å². The van der Waals surface area contributed by atoms with Crippen molar-refractivity contribution in [3.8, 4) is 11.3 Å². The van der Waals surface area contributed by atoms with Crippen molar-refractivity contribution in [3.63, 3.8) is 0 Å². The molecule has 16 nitrogen and oxygen atoms in total. The highest BCUT2D eigenvalue weighted by Crippen LogP contribution is 2.42. The first-order chi connectivity index (χ1) is 22.1. The number of hydrogen-bond acceptors (Lipinski definition) is 15. The van der Waals surface area contributed by atoms with Gasteiger partial charge in [-0.05, 0) is 12.1 Å². The predicted octanol–water partition coefficient (Wildman–Crippen LogP) is -2.24. The molecule has 46 heavy (non-hydrogen) atoms. The second kappa shape index (κ2) is 13.7. The average molecular weight is 675 g/mol. The van der Waals surface area contributed by atoms with Gasteiger partial charge in [0.2, 0.25) is 0 Å². The van der Waals surface area contributed by atoms with Crippen LogP contribution in [0.3, 0.4) is 0 Å². The Morgan fingerprint density at radius 1 is 0.783 bits per heavy atom. The summed E-state index contributed by atoms with van der Waals surface area (Å²) in [5.74, 6) is -4.03. The Morgan fingerprint density at radius 3 is 1.85 bits per heavy atom. The summed E-state index contributed by atoms with van der Waals surface area (Å²) in [6.07, 6.45) is -5.73. The number of thioether (sulfide) groups is 1. The molecule has 3 saturated heterocycles. The van der Waals surface area contributed by atoms with E-state index in [4.69, 9.17) is 9.47 Å². The van der Waals surface area contributed by atoms with Crippen LogP contribution in [-0.2, 0) is 9.47 Å². The van der Waals surface area contributed by atoms with Crippen molar-refractivity contribution >= 4 is 17.6 Å². The zero-order valence-electron chi connectivity index (χ0n) is 24.0. The molecule has 6 rings (SSSR count). The van der Waals surface area contributed by atoms with Crippen molar-refractivity contribution in [2.24, 2.45) is 0 Å². The fraction of sp³-hybridized carbons (Fsp3) is 0.615. The van der Waals surface area contributed by atoms with Gasteiger partial charge in [0.25, 0.3) is 0 Å². The normalized spacial score (nSPS) is 33.8. The molecule has 0 radical (unpaired) electrons. The van der Waals surface area contributed by atoms with E-state index in [-0.39, 0.29) is 11.3 Å². The Morgan fingerprint density at radius 2 is 1.30 bits per heavy atom. The van der Waals surface area contributed by atoms with Crippen molar-refractivity contribution in [1.29, 1.82) is 0 Å². The van der Waals surface area contributed by atoms with Gasteiger partial charge in [0, 0.05) is 31.7 Å². The van der Waals surface area contributed by atoms with Crippen LogP contribution in [0.5, 0.6) is 0 Å². The number of nitrogens with one attached hydrogen (secondary N) is 1. The third-order valence-electron chi connectivity index (χ3n) is 8.31. The molecule has 2 aromatic heterocycles. The summed E-state index contributed by atoms with van der Waals surface area (Å²) in [6.45, 7) is 1.52. The van der Waals surface area contributed by atoms with Crippen LogP contribution in [0.15, 0.2) is 24.5 Å². The highest BCUT2D eigenvalue weighted by atomic mass is 32.2. The first kappa shape index (κ1) is 33.0. The molecule has 0 spiro atoms. The van der Waals surface area contributed by atoms with Gasteiger partial charge in [-0.2, -0.15) is 0 Å². The Bertz CT molecular complexity index is 1480. The molecular formula is C26H33F3N8O8S. The predicted molar refractivity (Wildman–Crippen MR) is 152 cm³/mol. The molecule has 3 aliphatic heterocycles. The number of aliphatic hydroxyl groups is 6. The van der Waals surface area contributed by atoms with E-state index in [9.17, 15) is 43.8 Å². The van der Waals surface area contributed by atoms with Gasteiger partial charge in [0.05, 0.1) is 25.6 Å². The maximum absolute atomic E-state index is 13.8. The minimum atomic E-state index is -1.66. The van der Waals surface area contributed by atoms with Crippen molar-refractivity contribution in [2.45, 2.75) is 59.6 Å². The Kier molecular flexibility index (Phi) is 9.80. The van der Waals surface area contributed by atoms with Crippen molar-refractivity contribution < 1.29 is 53.3 Å². The number of benzene rings is 1. The van der Waals surface area contributed by atoms with Crippen LogP contribution in [0.25, 0.3) is 11.3 Å². The summed E-state index contributed by atoms with van der Waals surface area (Å²) in [5, 5.41) is 83.9. The van der Waals surface area contributed by atoms with Gasteiger partial charge in [-0.25, -0.2) is 22.5 Å². The number of aromatic nitrogens is 6. The van der Waals surface area contributed by atoms with Crippen LogP contribution in [0.1, 0.15) is 12.1 Å². The number of halogens is 3. The summed E-state index contributed by atoms with van der Waals surface area (Å²) in [5.41, 5.74) is -2.78. The van der Waals surface area contributed by atoms with E-state index < -0.39 is 90.2 Å². The molecule has 0 bridgehead atoms. The zero-order chi connectivity index (χ0) is 32.7. The van der Waals surface area contributed by atoms with Gasteiger partial charge in [0.1, 0.15) is 65.3 Å². The SMILES string of the molecule is OCC1O[C@@H](S[C@@H]2O[C@H](CO)C(O)C(n3cc(N4CCNCC4)nn3)[C@H]2O)C(O)C(n2cc(-c3cc(F)c(F)c(F)c3)nn2)[C@H]1O. The number of piperazine rings is 1. The molecule has 1 aromatic carbocycles. The Hall–Kier alpha value is -2.92. The maximum Gasteiger partial charge on any atom is 0.194 e. The van der Waals surface area contributed by atoms with Crippen molar-refractivity contribution in [1.82, 2.24) is 35.3 Å². The van der Waals surface area contributed by atoms with E-state index in [1.54, 1.807) is 6.20 Å². The van der Waals surface area contributed by atoms with Crippen LogP contribution in [-0.4, -0.2) is 148 Å². The van der Waals surface area contributed by atoms with Crippen LogP contribution < -0.4 is 10.2 Å². The molecule has 3 fully saturated rings. The van der Waals surface area contributed by atoms with E-state index in [2.05, 4.69) is 25.9 Å². The molecule has 0 amide bonds. The average Bonchev–Trinajstić information content (AvgIpc) is 3.74. The van der Waals surface area contributed by atoms with Crippen molar-refractivity contribution in [2.75, 3.05) is 44.3 Å². The molecular weight excluding hydrogens is 641 g/mol. The lowest BCUT2D eigenvalue weighted by Crippen LogP contribution is -2.58. The first-order valence-electron chi connectivity index (χ1n) is 14.5. The quantitative estimate of drug-likeness (QED) is 0.126. The minimum absolute atomic E-state index is 0.102. The standard InChI is InChI=1S/C26H33F3N8O8S/c27-12-5-11(6-13(28)18(12)29)14-7-36(33-31-14)19-21(40)15(9-38)44-25(23(19)42)46-26-24(43)20(22(41)16(10-39)45-26)37-8-17(32-34-37)35-3-1-30-2-4-35/h5-8,15-16,19-26,30,38-43H,1-4,9-10H2/t15?,16-,19?,20?,21+,22?,23?,24-,25+,26+/m1/s1. The highest BCUT2D eigenvalue weighted by molar-refractivity contribution is 8.00. The summed E-state index contributed by atoms with van der Waals surface area (Å²) < 4.78 is 55.0. The second-order valence-corrected chi connectivity index (χ2v) is 12.4. The molecule has 20 heteroatoms. The van der Waals surface area contributed by atoms with E-state index in [1.165, 1.54) is 10.9 Å². The third-order valence-corrected chi connectivity index (χ3v) is 9.62. The number of aliphatic hydroxyl groups excluding tert-OH is 6. The fourth-order valence-electron chi connectivity index (χ4n) is 5.83. The molecule has 252 valence electrons. The minimum Gasteiger partial charge on any atom is -0.394 e. The summed E-state index contributed by atoms with van der Waals surface area (Å²) in [4.78, 5) is 1.99. The zero-order valence-corrected chi connectivity index (χ0v) is 24.8. The van der Waals surface area contributed by atoms with Crippen molar-refractivity contribution in [3.05, 3.63) is 42.0 Å². The molecule has 3 aliphatic rings. The van der Waals surface area contributed by atoms with Gasteiger partial charge in [-0.1, -0.05) is 22.2 Å². The number of rotatable bonds is 8. The molecule has 10 atom stereocenters. The lowest BCUT2D eigenvalue weighted by atomic mass is 9.97. The van der Waals surface area contributed by atoms with Gasteiger partial charge >= 0.3 is 0 Å². The van der Waals surface area contributed by atoms with Gasteiger partial charge in [-0.3, -0.25) is 0 Å².